The van der Waals surface area contributed by atoms with E-state index in [4.69, 9.17) is 4.74 Å². The lowest BCUT2D eigenvalue weighted by Gasteiger charge is -2.41. The molecule has 1 saturated heterocycles. The molecule has 2 atom stereocenters. The summed E-state index contributed by atoms with van der Waals surface area (Å²) in [6.45, 7) is 0.263. The SMILES string of the molecule is O=C(O)[C@@H](c1ccccc1)N1CC(Oc2ccccc2)C1=O. The molecule has 1 N–H and O–H groups in total. The highest BCUT2D eigenvalue weighted by atomic mass is 16.5. The number of amides is 1. The Bertz CT molecular complexity index is 672. The van der Waals surface area contributed by atoms with Crippen molar-refractivity contribution in [2.45, 2.75) is 12.1 Å². The molecule has 0 saturated carbocycles. The van der Waals surface area contributed by atoms with Crippen LogP contribution in [0.15, 0.2) is 60.7 Å². The standard InChI is InChI=1S/C17H15NO4/c19-16-14(22-13-9-5-2-6-10-13)11-18(16)15(17(20)21)12-7-3-1-4-8-12/h1-10,14-15H,11H2,(H,20,21)/t14?,15-/m1/s1. The van der Waals surface area contributed by atoms with Crippen molar-refractivity contribution in [1.29, 1.82) is 0 Å². The van der Waals surface area contributed by atoms with E-state index in [1.165, 1.54) is 4.90 Å². The van der Waals surface area contributed by atoms with Gasteiger partial charge >= 0.3 is 5.97 Å². The molecule has 2 aromatic carbocycles. The number of carbonyl (C=O) groups is 2. The van der Waals surface area contributed by atoms with Gasteiger partial charge in [0.05, 0.1) is 6.54 Å². The molecule has 0 aliphatic carbocycles. The zero-order valence-corrected chi connectivity index (χ0v) is 11.8. The van der Waals surface area contributed by atoms with Gasteiger partial charge in [0.1, 0.15) is 5.75 Å². The summed E-state index contributed by atoms with van der Waals surface area (Å²) in [6.07, 6.45) is -0.618. The number of rotatable bonds is 5. The fourth-order valence-electron chi connectivity index (χ4n) is 2.49. The number of likely N-dealkylation sites (tertiary alicyclic amines) is 1. The summed E-state index contributed by atoms with van der Waals surface area (Å²) in [5, 5.41) is 9.42. The third kappa shape index (κ3) is 2.65. The van der Waals surface area contributed by atoms with Gasteiger partial charge in [-0.1, -0.05) is 48.5 Å². The van der Waals surface area contributed by atoms with Crippen LogP contribution in [-0.4, -0.2) is 34.5 Å². The number of ether oxygens (including phenoxy) is 1. The predicted molar refractivity (Wildman–Crippen MR) is 79.4 cm³/mol. The number of nitrogens with zero attached hydrogens (tertiary/aromatic N) is 1. The lowest BCUT2D eigenvalue weighted by Crippen LogP contribution is -2.61. The van der Waals surface area contributed by atoms with Crippen LogP contribution < -0.4 is 4.74 Å². The topological polar surface area (TPSA) is 66.8 Å². The Kier molecular flexibility index (Phi) is 3.78. The quantitative estimate of drug-likeness (QED) is 0.858. The van der Waals surface area contributed by atoms with E-state index in [2.05, 4.69) is 0 Å². The second-order valence-corrected chi connectivity index (χ2v) is 5.06. The van der Waals surface area contributed by atoms with Crippen LogP contribution >= 0.6 is 0 Å². The molecular weight excluding hydrogens is 282 g/mol. The molecule has 2 aromatic rings. The molecule has 22 heavy (non-hydrogen) atoms. The van der Waals surface area contributed by atoms with Crippen LogP contribution in [0, 0.1) is 0 Å². The van der Waals surface area contributed by atoms with Gasteiger partial charge in [-0.15, -0.1) is 0 Å². The van der Waals surface area contributed by atoms with Crippen LogP contribution in [0.4, 0.5) is 0 Å². The van der Waals surface area contributed by atoms with Gasteiger partial charge in [0.2, 0.25) is 0 Å². The fraction of sp³-hybridized carbons (Fsp3) is 0.176. The maximum Gasteiger partial charge on any atom is 0.331 e. The molecule has 5 heteroatoms. The Labute approximate surface area is 127 Å². The molecule has 5 nitrogen and oxygen atoms in total. The highest BCUT2D eigenvalue weighted by Gasteiger charge is 2.45. The minimum atomic E-state index is -1.04. The van der Waals surface area contributed by atoms with Crippen molar-refractivity contribution in [3.8, 4) is 5.75 Å². The van der Waals surface area contributed by atoms with Crippen molar-refractivity contribution in [3.63, 3.8) is 0 Å². The van der Waals surface area contributed by atoms with Gasteiger partial charge in [0, 0.05) is 0 Å². The smallest absolute Gasteiger partial charge is 0.331 e. The van der Waals surface area contributed by atoms with Gasteiger partial charge in [-0.05, 0) is 17.7 Å². The van der Waals surface area contributed by atoms with Crippen LogP contribution in [-0.2, 0) is 9.59 Å². The zero-order valence-electron chi connectivity index (χ0n) is 11.8. The van der Waals surface area contributed by atoms with Gasteiger partial charge in [0.15, 0.2) is 12.1 Å². The molecule has 1 heterocycles. The molecule has 1 fully saturated rings. The Hall–Kier alpha value is -2.82. The Morgan fingerprint density at radius 3 is 2.23 bits per heavy atom. The number of β-lactam (4-membered cyclic amide) rings is 1. The first kappa shape index (κ1) is 14.1. The van der Waals surface area contributed by atoms with Crippen molar-refractivity contribution >= 4 is 11.9 Å². The second-order valence-electron chi connectivity index (χ2n) is 5.06. The third-order valence-electron chi connectivity index (χ3n) is 3.60. The van der Waals surface area contributed by atoms with Gasteiger partial charge in [-0.25, -0.2) is 4.79 Å². The van der Waals surface area contributed by atoms with E-state index in [-0.39, 0.29) is 12.5 Å². The van der Waals surface area contributed by atoms with E-state index in [1.54, 1.807) is 36.4 Å². The van der Waals surface area contributed by atoms with Crippen molar-refractivity contribution < 1.29 is 19.4 Å². The summed E-state index contributed by atoms with van der Waals surface area (Å²) in [6, 6.07) is 16.8. The van der Waals surface area contributed by atoms with E-state index in [0.29, 0.717) is 11.3 Å². The van der Waals surface area contributed by atoms with Gasteiger partial charge in [0.25, 0.3) is 5.91 Å². The molecule has 1 amide bonds. The predicted octanol–water partition coefficient (Wildman–Crippen LogP) is 2.10. The van der Waals surface area contributed by atoms with E-state index in [9.17, 15) is 14.7 Å². The average Bonchev–Trinajstić information content (AvgIpc) is 2.55. The monoisotopic (exact) mass is 297 g/mol. The summed E-state index contributed by atoms with van der Waals surface area (Å²) in [5.41, 5.74) is 0.585. The van der Waals surface area contributed by atoms with Crippen molar-refractivity contribution in [1.82, 2.24) is 4.90 Å². The molecule has 1 aliphatic rings. The third-order valence-corrected chi connectivity index (χ3v) is 3.60. The summed E-state index contributed by atoms with van der Waals surface area (Å²) in [4.78, 5) is 25.1. The maximum atomic E-state index is 12.2. The molecule has 3 rings (SSSR count). The highest BCUT2D eigenvalue weighted by Crippen LogP contribution is 2.29. The number of carbonyl (C=O) groups excluding carboxylic acids is 1. The van der Waals surface area contributed by atoms with Crippen LogP contribution in [0.25, 0.3) is 0 Å². The molecule has 0 aromatic heterocycles. The molecule has 1 unspecified atom stereocenters. The molecule has 0 bridgehead atoms. The number of aliphatic carboxylic acids is 1. The summed E-state index contributed by atoms with van der Waals surface area (Å²) in [5.74, 6) is -0.745. The van der Waals surface area contributed by atoms with Gasteiger partial charge < -0.3 is 14.7 Å². The van der Waals surface area contributed by atoms with Gasteiger partial charge in [-0.2, -0.15) is 0 Å². The van der Waals surface area contributed by atoms with Crippen molar-refractivity contribution in [3.05, 3.63) is 66.2 Å². The molecule has 1 aliphatic heterocycles. The molecule has 0 spiro atoms. The molecule has 0 radical (unpaired) electrons. The Morgan fingerprint density at radius 1 is 1.09 bits per heavy atom. The fourth-order valence-corrected chi connectivity index (χ4v) is 2.49. The van der Waals surface area contributed by atoms with Crippen LogP contribution in [0.5, 0.6) is 5.75 Å². The van der Waals surface area contributed by atoms with Crippen molar-refractivity contribution in [2.75, 3.05) is 6.54 Å². The van der Waals surface area contributed by atoms with E-state index in [0.717, 1.165) is 0 Å². The molecule has 112 valence electrons. The van der Waals surface area contributed by atoms with E-state index in [1.807, 2.05) is 24.3 Å². The summed E-state index contributed by atoms with van der Waals surface area (Å²) < 4.78 is 5.57. The lowest BCUT2D eigenvalue weighted by molar-refractivity contribution is -0.166. The molecular formula is C17H15NO4. The Morgan fingerprint density at radius 2 is 1.68 bits per heavy atom. The zero-order chi connectivity index (χ0) is 15.5. The van der Waals surface area contributed by atoms with E-state index < -0.39 is 18.1 Å². The van der Waals surface area contributed by atoms with E-state index >= 15 is 0 Å². The van der Waals surface area contributed by atoms with Crippen molar-refractivity contribution in [2.24, 2.45) is 0 Å². The largest absolute Gasteiger partial charge is 0.479 e. The number of carboxylic acids is 1. The minimum absolute atomic E-state index is 0.263. The first-order valence-corrected chi connectivity index (χ1v) is 6.97. The van der Waals surface area contributed by atoms with Gasteiger partial charge in [-0.3, -0.25) is 4.79 Å². The maximum absolute atomic E-state index is 12.2. The second kappa shape index (κ2) is 5.89. The number of para-hydroxylation sites is 1. The summed E-state index contributed by atoms with van der Waals surface area (Å²) in [7, 11) is 0. The lowest BCUT2D eigenvalue weighted by atomic mass is 10.00. The normalized spacial score (nSPS) is 18.5. The highest BCUT2D eigenvalue weighted by molar-refractivity contribution is 5.92. The minimum Gasteiger partial charge on any atom is -0.479 e. The number of benzene rings is 2. The number of hydrogen-bond acceptors (Lipinski definition) is 3. The number of carboxylic acid groups (broad SMARTS) is 1. The van der Waals surface area contributed by atoms with Crippen LogP contribution in [0.3, 0.4) is 0 Å². The van der Waals surface area contributed by atoms with Crippen LogP contribution in [0.2, 0.25) is 0 Å². The average molecular weight is 297 g/mol. The summed E-state index contributed by atoms with van der Waals surface area (Å²) >= 11 is 0. The van der Waals surface area contributed by atoms with Crippen LogP contribution in [0.1, 0.15) is 11.6 Å². The number of hydrogen-bond donors (Lipinski definition) is 1. The first-order chi connectivity index (χ1) is 10.7. The Balaban J connectivity index is 1.71. The first-order valence-electron chi connectivity index (χ1n) is 6.97.